The van der Waals surface area contributed by atoms with Crippen molar-refractivity contribution in [3.05, 3.63) is 0 Å². The maximum atomic E-state index is 9.14. The molecule has 1 aliphatic carbocycles. The zero-order valence-electron chi connectivity index (χ0n) is 5.64. The molecule has 0 unspecified atom stereocenters. The fraction of sp³-hybridized carbons (Fsp3) is 1.00. The minimum Gasteiger partial charge on any atom is -0.396 e. The van der Waals surface area contributed by atoms with Gasteiger partial charge in [0.25, 0.3) is 0 Å². The number of hydrogen-bond acceptors (Lipinski definition) is 4. The molecule has 0 aromatic heterocycles. The third-order valence-corrected chi connectivity index (χ3v) is 2.08. The van der Waals surface area contributed by atoms with Crippen LogP contribution >= 0.6 is 0 Å². The van der Waals surface area contributed by atoms with Crippen molar-refractivity contribution < 1.29 is 15.3 Å². The van der Waals surface area contributed by atoms with Gasteiger partial charge < -0.3 is 21.1 Å². The number of rotatable bonds is 1. The lowest BCUT2D eigenvalue weighted by molar-refractivity contribution is 0.00300. The highest BCUT2D eigenvalue weighted by molar-refractivity contribution is 4.92. The molecule has 0 aromatic rings. The van der Waals surface area contributed by atoms with E-state index in [1.807, 2.05) is 0 Å². The Morgan fingerprint density at radius 2 is 1.90 bits per heavy atom. The van der Waals surface area contributed by atoms with Crippen LogP contribution < -0.4 is 5.73 Å². The molecule has 0 aromatic carbocycles. The largest absolute Gasteiger partial charge is 0.396 e. The molecule has 0 amide bonds. The predicted molar refractivity (Wildman–Crippen MR) is 35.2 cm³/mol. The van der Waals surface area contributed by atoms with Gasteiger partial charge >= 0.3 is 0 Å². The van der Waals surface area contributed by atoms with Crippen molar-refractivity contribution >= 4 is 0 Å². The Hall–Kier alpha value is -0.160. The van der Waals surface area contributed by atoms with Gasteiger partial charge in [-0.1, -0.05) is 0 Å². The van der Waals surface area contributed by atoms with E-state index < -0.39 is 12.2 Å². The van der Waals surface area contributed by atoms with Crippen LogP contribution in [0.3, 0.4) is 0 Å². The quantitative estimate of drug-likeness (QED) is 0.347. The maximum Gasteiger partial charge on any atom is 0.0953 e. The van der Waals surface area contributed by atoms with Gasteiger partial charge in [0.15, 0.2) is 0 Å². The minimum absolute atomic E-state index is 0.105. The zero-order chi connectivity index (χ0) is 7.72. The van der Waals surface area contributed by atoms with Crippen LogP contribution in [0.4, 0.5) is 0 Å². The van der Waals surface area contributed by atoms with Gasteiger partial charge in [0, 0.05) is 18.6 Å². The lowest BCUT2D eigenvalue weighted by Gasteiger charge is -2.13. The summed E-state index contributed by atoms with van der Waals surface area (Å²) in [6.07, 6.45) is -1.21. The summed E-state index contributed by atoms with van der Waals surface area (Å²) in [5.74, 6) is -0.245. The summed E-state index contributed by atoms with van der Waals surface area (Å²) in [6, 6.07) is -0.382. The van der Waals surface area contributed by atoms with Gasteiger partial charge in [-0.05, 0) is 6.42 Å². The molecule has 0 aliphatic heterocycles. The third-order valence-electron chi connectivity index (χ3n) is 2.08. The first-order chi connectivity index (χ1) is 4.66. The first-order valence-corrected chi connectivity index (χ1v) is 3.39. The van der Waals surface area contributed by atoms with E-state index >= 15 is 0 Å². The molecule has 1 aliphatic rings. The van der Waals surface area contributed by atoms with Crippen molar-refractivity contribution in [3.63, 3.8) is 0 Å². The average Bonchev–Trinajstić information content (AvgIpc) is 2.17. The van der Waals surface area contributed by atoms with Gasteiger partial charge in [-0.2, -0.15) is 0 Å². The molecule has 10 heavy (non-hydrogen) atoms. The first-order valence-electron chi connectivity index (χ1n) is 3.39. The second kappa shape index (κ2) is 2.84. The molecule has 0 spiro atoms. The van der Waals surface area contributed by atoms with Gasteiger partial charge in [-0.3, -0.25) is 0 Å². The molecular formula is C6H13NO3. The molecule has 0 heterocycles. The molecule has 4 nitrogen and oxygen atoms in total. The predicted octanol–water partition coefficient (Wildman–Crippen LogP) is -1.95. The van der Waals surface area contributed by atoms with Gasteiger partial charge in [0.2, 0.25) is 0 Å². The maximum absolute atomic E-state index is 9.14. The van der Waals surface area contributed by atoms with E-state index in [2.05, 4.69) is 0 Å². The van der Waals surface area contributed by atoms with E-state index in [1.54, 1.807) is 0 Å². The highest BCUT2D eigenvalue weighted by atomic mass is 16.3. The normalized spacial score (nSPS) is 48.0. The fourth-order valence-corrected chi connectivity index (χ4v) is 1.34. The third kappa shape index (κ3) is 1.15. The zero-order valence-corrected chi connectivity index (χ0v) is 5.64. The van der Waals surface area contributed by atoms with Crippen LogP contribution in [0.2, 0.25) is 0 Å². The summed E-state index contributed by atoms with van der Waals surface area (Å²) in [5.41, 5.74) is 5.41. The number of aliphatic hydroxyl groups is 3. The molecule has 0 saturated heterocycles. The molecular weight excluding hydrogens is 134 g/mol. The van der Waals surface area contributed by atoms with Crippen molar-refractivity contribution in [1.29, 1.82) is 0 Å². The Labute approximate surface area is 59.3 Å². The summed E-state index contributed by atoms with van der Waals surface area (Å²) in [5, 5.41) is 26.9. The Bertz CT molecular complexity index is 120. The van der Waals surface area contributed by atoms with Gasteiger partial charge in [-0.15, -0.1) is 0 Å². The van der Waals surface area contributed by atoms with Gasteiger partial charge in [0.05, 0.1) is 12.2 Å². The first kappa shape index (κ1) is 7.94. The Morgan fingerprint density at radius 3 is 2.10 bits per heavy atom. The molecule has 4 atom stereocenters. The van der Waals surface area contributed by atoms with E-state index in [0.29, 0.717) is 6.42 Å². The summed E-state index contributed by atoms with van der Waals surface area (Å²) < 4.78 is 0. The lowest BCUT2D eigenvalue weighted by atomic mass is 10.1. The van der Waals surface area contributed by atoms with Crippen molar-refractivity contribution in [2.75, 3.05) is 6.61 Å². The van der Waals surface area contributed by atoms with E-state index in [-0.39, 0.29) is 18.6 Å². The lowest BCUT2D eigenvalue weighted by Crippen LogP contribution is -2.35. The van der Waals surface area contributed by atoms with Crippen LogP contribution in [0, 0.1) is 5.92 Å². The van der Waals surface area contributed by atoms with Crippen molar-refractivity contribution in [3.8, 4) is 0 Å². The molecule has 0 bridgehead atoms. The van der Waals surface area contributed by atoms with Crippen LogP contribution in [0.15, 0.2) is 0 Å². The smallest absolute Gasteiger partial charge is 0.0953 e. The molecule has 1 fully saturated rings. The number of aliphatic hydroxyl groups excluding tert-OH is 3. The van der Waals surface area contributed by atoms with Crippen molar-refractivity contribution in [2.45, 2.75) is 24.7 Å². The number of nitrogens with two attached hydrogens (primary N) is 1. The molecule has 1 rings (SSSR count). The van der Waals surface area contributed by atoms with Gasteiger partial charge in [0.1, 0.15) is 0 Å². The summed E-state index contributed by atoms with van der Waals surface area (Å²) in [7, 11) is 0. The highest BCUT2D eigenvalue weighted by Crippen LogP contribution is 2.24. The standard InChI is InChI=1S/C6H13NO3/c7-4-1-3(2-8)5(9)6(4)10/h3-6,8-10H,1-2,7H2/t3-,4+,5+,6-/m1/s1. The van der Waals surface area contributed by atoms with Crippen molar-refractivity contribution in [1.82, 2.24) is 0 Å². The average molecular weight is 147 g/mol. The fourth-order valence-electron chi connectivity index (χ4n) is 1.34. The van der Waals surface area contributed by atoms with E-state index in [1.165, 1.54) is 0 Å². The second-order valence-electron chi connectivity index (χ2n) is 2.82. The van der Waals surface area contributed by atoms with E-state index in [4.69, 9.17) is 21.1 Å². The molecule has 60 valence electrons. The van der Waals surface area contributed by atoms with E-state index in [9.17, 15) is 0 Å². The van der Waals surface area contributed by atoms with Crippen LogP contribution in [-0.2, 0) is 0 Å². The van der Waals surface area contributed by atoms with Crippen LogP contribution in [0.1, 0.15) is 6.42 Å². The van der Waals surface area contributed by atoms with Crippen molar-refractivity contribution in [2.24, 2.45) is 11.7 Å². The van der Waals surface area contributed by atoms with E-state index in [0.717, 1.165) is 0 Å². The molecule has 4 heteroatoms. The monoisotopic (exact) mass is 147 g/mol. The Kier molecular flexibility index (Phi) is 2.25. The topological polar surface area (TPSA) is 86.7 Å². The Morgan fingerprint density at radius 1 is 1.30 bits per heavy atom. The molecule has 0 radical (unpaired) electrons. The van der Waals surface area contributed by atoms with Crippen LogP contribution in [0.25, 0.3) is 0 Å². The number of hydrogen-bond donors (Lipinski definition) is 4. The molecule has 1 saturated carbocycles. The Balaban J connectivity index is 2.53. The SMILES string of the molecule is N[C@H]1C[C@H](CO)[C@H](O)[C@@H]1O. The molecule has 5 N–H and O–H groups in total. The van der Waals surface area contributed by atoms with Crippen LogP contribution in [-0.4, -0.2) is 40.2 Å². The highest BCUT2D eigenvalue weighted by Gasteiger charge is 2.38. The van der Waals surface area contributed by atoms with Crippen LogP contribution in [0.5, 0.6) is 0 Å². The summed E-state index contributed by atoms with van der Waals surface area (Å²) in [6.45, 7) is -0.105. The van der Waals surface area contributed by atoms with Gasteiger partial charge in [-0.25, -0.2) is 0 Å². The summed E-state index contributed by atoms with van der Waals surface area (Å²) >= 11 is 0. The summed E-state index contributed by atoms with van der Waals surface area (Å²) in [4.78, 5) is 0. The second-order valence-corrected chi connectivity index (χ2v) is 2.82. The minimum atomic E-state index is -0.864.